The number of halogens is 1. The highest BCUT2D eigenvalue weighted by molar-refractivity contribution is 6.00. The van der Waals surface area contributed by atoms with Crippen LogP contribution in [0.25, 0.3) is 10.9 Å². The Morgan fingerprint density at radius 3 is 2.39 bits per heavy atom. The molecule has 0 aliphatic carbocycles. The van der Waals surface area contributed by atoms with Gasteiger partial charge in [-0.1, -0.05) is 61.2 Å². The largest absolute Gasteiger partial charge is 0.489 e. The molecule has 1 saturated heterocycles. The average molecular weight is 484 g/mol. The molecule has 5 rings (SSSR count). The zero-order valence-corrected chi connectivity index (χ0v) is 20.3. The Kier molecular flexibility index (Phi) is 7.14. The van der Waals surface area contributed by atoms with Crippen LogP contribution in [-0.2, 0) is 13.1 Å². The first kappa shape index (κ1) is 23.8. The Morgan fingerprint density at radius 1 is 0.889 bits per heavy atom. The summed E-state index contributed by atoms with van der Waals surface area (Å²) in [6.45, 7) is 8.34. The zero-order valence-electron chi connectivity index (χ0n) is 20.3. The number of ether oxygens (including phenoxy) is 1. The van der Waals surface area contributed by atoms with Gasteiger partial charge in [0.05, 0.1) is 5.52 Å². The first-order chi connectivity index (χ1) is 17.6. The normalized spacial score (nSPS) is 14.2. The summed E-state index contributed by atoms with van der Waals surface area (Å²) >= 11 is 0. The van der Waals surface area contributed by atoms with Crippen LogP contribution in [0.2, 0.25) is 0 Å². The molecule has 3 aromatic carbocycles. The van der Waals surface area contributed by atoms with Crippen molar-refractivity contribution in [1.82, 2.24) is 14.4 Å². The standard InChI is InChI=1S/C30H30FN3O2/c1-2-18-36-29-13-7-12-27-26(29)20-28(34(27)22-24-10-6-11-25(31)19-24)30(35)33-16-14-32(15-17-33)21-23-8-4-3-5-9-23/h2-13,19-20H,1,14-18,21-22H2. The van der Waals surface area contributed by atoms with Gasteiger partial charge < -0.3 is 14.2 Å². The second-order valence-electron chi connectivity index (χ2n) is 9.09. The SMILES string of the molecule is C=CCOc1cccc2c1cc(C(=O)N1CCN(Cc3ccccc3)CC1)n2Cc1cccc(F)c1. The summed E-state index contributed by atoms with van der Waals surface area (Å²) in [5.74, 6) is 0.394. The van der Waals surface area contributed by atoms with Crippen LogP contribution in [0.4, 0.5) is 4.39 Å². The lowest BCUT2D eigenvalue weighted by Gasteiger charge is -2.35. The Labute approximate surface area is 211 Å². The van der Waals surface area contributed by atoms with Crippen LogP contribution in [0.3, 0.4) is 0 Å². The van der Waals surface area contributed by atoms with Crippen LogP contribution in [0.5, 0.6) is 5.75 Å². The third-order valence-corrected chi connectivity index (χ3v) is 6.62. The molecule has 1 aromatic heterocycles. The number of carbonyl (C=O) groups is 1. The first-order valence-corrected chi connectivity index (χ1v) is 12.3. The molecule has 2 heterocycles. The van der Waals surface area contributed by atoms with Gasteiger partial charge in [0.2, 0.25) is 0 Å². The van der Waals surface area contributed by atoms with Gasteiger partial charge in [-0.05, 0) is 41.5 Å². The van der Waals surface area contributed by atoms with Crippen LogP contribution in [0, 0.1) is 5.82 Å². The van der Waals surface area contributed by atoms with Crippen LogP contribution in [-0.4, -0.2) is 53.1 Å². The van der Waals surface area contributed by atoms with Crippen molar-refractivity contribution in [3.63, 3.8) is 0 Å². The molecule has 1 amide bonds. The fourth-order valence-electron chi connectivity index (χ4n) is 4.81. The van der Waals surface area contributed by atoms with E-state index in [0.29, 0.717) is 37.7 Å². The number of amides is 1. The van der Waals surface area contributed by atoms with Gasteiger partial charge in [-0.15, -0.1) is 0 Å². The van der Waals surface area contributed by atoms with E-state index in [1.807, 2.05) is 45.9 Å². The number of rotatable bonds is 8. The summed E-state index contributed by atoms with van der Waals surface area (Å²) in [5, 5.41) is 0.863. The third kappa shape index (κ3) is 5.19. The number of aromatic nitrogens is 1. The number of benzene rings is 3. The molecule has 0 saturated carbocycles. The molecule has 1 aliphatic heterocycles. The molecule has 0 radical (unpaired) electrons. The lowest BCUT2D eigenvalue weighted by atomic mass is 10.2. The highest BCUT2D eigenvalue weighted by atomic mass is 19.1. The lowest BCUT2D eigenvalue weighted by Crippen LogP contribution is -2.48. The number of nitrogens with zero attached hydrogens (tertiary/aromatic N) is 3. The van der Waals surface area contributed by atoms with Crippen LogP contribution in [0.1, 0.15) is 21.6 Å². The molecule has 0 atom stereocenters. The maximum Gasteiger partial charge on any atom is 0.270 e. The van der Waals surface area contributed by atoms with Crippen molar-refractivity contribution in [2.45, 2.75) is 13.1 Å². The number of hydrogen-bond acceptors (Lipinski definition) is 3. The Hall–Kier alpha value is -3.90. The van der Waals surface area contributed by atoms with Gasteiger partial charge in [-0.3, -0.25) is 9.69 Å². The maximum atomic E-state index is 13.9. The highest BCUT2D eigenvalue weighted by Crippen LogP contribution is 2.31. The second-order valence-corrected chi connectivity index (χ2v) is 9.09. The molecular formula is C30H30FN3O2. The minimum Gasteiger partial charge on any atom is -0.489 e. The smallest absolute Gasteiger partial charge is 0.270 e. The first-order valence-electron chi connectivity index (χ1n) is 12.3. The molecule has 184 valence electrons. The maximum absolute atomic E-state index is 13.9. The molecule has 5 nitrogen and oxygen atoms in total. The quantitative estimate of drug-likeness (QED) is 0.317. The summed E-state index contributed by atoms with van der Waals surface area (Å²) in [6, 6.07) is 24.6. The second kappa shape index (κ2) is 10.8. The number of carbonyl (C=O) groups excluding carboxylic acids is 1. The molecule has 6 heteroatoms. The molecule has 0 bridgehead atoms. The summed E-state index contributed by atoms with van der Waals surface area (Å²) in [4.78, 5) is 18.1. The lowest BCUT2D eigenvalue weighted by molar-refractivity contribution is 0.0619. The molecule has 1 fully saturated rings. The summed E-state index contributed by atoms with van der Waals surface area (Å²) < 4.78 is 21.8. The zero-order chi connectivity index (χ0) is 24.9. The van der Waals surface area contributed by atoms with Gasteiger partial charge in [0.1, 0.15) is 23.9 Å². The average Bonchev–Trinajstić information content (AvgIpc) is 3.27. The van der Waals surface area contributed by atoms with Crippen LogP contribution >= 0.6 is 0 Å². The molecule has 0 spiro atoms. The van der Waals surface area contributed by atoms with Gasteiger partial charge in [0, 0.05) is 44.7 Å². The molecule has 0 N–H and O–H groups in total. The monoisotopic (exact) mass is 483 g/mol. The third-order valence-electron chi connectivity index (χ3n) is 6.62. The molecule has 0 unspecified atom stereocenters. The number of hydrogen-bond donors (Lipinski definition) is 0. The van der Waals surface area contributed by atoms with Gasteiger partial charge >= 0.3 is 0 Å². The number of fused-ring (bicyclic) bond motifs is 1. The van der Waals surface area contributed by atoms with Gasteiger partial charge in [0.15, 0.2) is 0 Å². The van der Waals surface area contributed by atoms with E-state index in [9.17, 15) is 9.18 Å². The van der Waals surface area contributed by atoms with Crippen molar-refractivity contribution < 1.29 is 13.9 Å². The van der Waals surface area contributed by atoms with E-state index in [4.69, 9.17) is 4.74 Å². The van der Waals surface area contributed by atoms with E-state index >= 15 is 0 Å². The fourth-order valence-corrected chi connectivity index (χ4v) is 4.81. The van der Waals surface area contributed by atoms with Crippen molar-refractivity contribution in [2.24, 2.45) is 0 Å². The van der Waals surface area contributed by atoms with Crippen molar-refractivity contribution in [2.75, 3.05) is 32.8 Å². The molecular weight excluding hydrogens is 453 g/mol. The Bertz CT molecular complexity index is 1360. The Balaban J connectivity index is 1.42. The van der Waals surface area contributed by atoms with E-state index in [1.165, 1.54) is 17.7 Å². The minimum absolute atomic E-state index is 0.0170. The highest BCUT2D eigenvalue weighted by Gasteiger charge is 2.26. The molecule has 36 heavy (non-hydrogen) atoms. The van der Waals surface area contributed by atoms with E-state index in [-0.39, 0.29) is 11.7 Å². The van der Waals surface area contributed by atoms with Gasteiger partial charge in [-0.2, -0.15) is 0 Å². The minimum atomic E-state index is -0.290. The number of piperazine rings is 1. The van der Waals surface area contributed by atoms with E-state index in [2.05, 4.69) is 35.7 Å². The fraction of sp³-hybridized carbons (Fsp3) is 0.233. The van der Waals surface area contributed by atoms with Crippen molar-refractivity contribution >= 4 is 16.8 Å². The predicted octanol–water partition coefficient (Wildman–Crippen LogP) is 5.35. The summed E-state index contributed by atoms with van der Waals surface area (Å²) in [5.41, 5.74) is 3.54. The van der Waals surface area contributed by atoms with Crippen LogP contribution in [0.15, 0.2) is 91.5 Å². The topological polar surface area (TPSA) is 37.7 Å². The van der Waals surface area contributed by atoms with E-state index in [0.717, 1.165) is 36.1 Å². The Morgan fingerprint density at radius 2 is 1.64 bits per heavy atom. The van der Waals surface area contributed by atoms with Crippen molar-refractivity contribution in [3.8, 4) is 5.75 Å². The summed E-state index contributed by atoms with van der Waals surface area (Å²) in [7, 11) is 0. The van der Waals surface area contributed by atoms with E-state index in [1.54, 1.807) is 12.1 Å². The van der Waals surface area contributed by atoms with Gasteiger partial charge in [0.25, 0.3) is 5.91 Å². The molecule has 4 aromatic rings. The van der Waals surface area contributed by atoms with E-state index < -0.39 is 0 Å². The van der Waals surface area contributed by atoms with Gasteiger partial charge in [-0.25, -0.2) is 4.39 Å². The van der Waals surface area contributed by atoms with Crippen LogP contribution < -0.4 is 4.74 Å². The molecule has 1 aliphatic rings. The van der Waals surface area contributed by atoms with Crippen molar-refractivity contribution in [1.29, 1.82) is 0 Å². The summed E-state index contributed by atoms with van der Waals surface area (Å²) in [6.07, 6.45) is 1.70. The predicted molar refractivity (Wildman–Crippen MR) is 141 cm³/mol. The van der Waals surface area contributed by atoms with Crippen molar-refractivity contribution in [3.05, 3.63) is 114 Å².